The lowest BCUT2D eigenvalue weighted by molar-refractivity contribution is 0.660. The molecule has 0 N–H and O–H groups in total. The van der Waals surface area contributed by atoms with Crippen LogP contribution in [0, 0.1) is 0 Å². The van der Waals surface area contributed by atoms with Crippen LogP contribution in [0.25, 0.3) is 77.5 Å². The third kappa shape index (κ3) is 3.65. The third-order valence-corrected chi connectivity index (χ3v) is 10.3. The number of hydrogen-bond donors (Lipinski definition) is 0. The number of pyridine rings is 1. The number of nitrogens with zero attached hydrogens (tertiary/aromatic N) is 3. The van der Waals surface area contributed by atoms with E-state index < -0.39 is 0 Å². The topological polar surface area (TPSA) is 22.8 Å². The van der Waals surface area contributed by atoms with Gasteiger partial charge in [0.15, 0.2) is 0 Å². The molecule has 9 aromatic rings. The molecule has 47 heavy (non-hydrogen) atoms. The number of fused-ring (bicyclic) bond motifs is 9. The summed E-state index contributed by atoms with van der Waals surface area (Å²) in [5.74, 6) is 0.921. The molecule has 0 radical (unpaired) electrons. The Morgan fingerprint density at radius 1 is 0.447 bits per heavy atom. The molecule has 3 heteroatoms. The number of benzene rings is 6. The van der Waals surface area contributed by atoms with Crippen molar-refractivity contribution in [1.29, 1.82) is 0 Å². The number of para-hydroxylation sites is 3. The zero-order valence-electron chi connectivity index (χ0n) is 26.3. The van der Waals surface area contributed by atoms with Crippen LogP contribution in [0.1, 0.15) is 25.0 Å². The lowest BCUT2D eigenvalue weighted by Gasteiger charge is -2.22. The summed E-state index contributed by atoms with van der Waals surface area (Å²) in [7, 11) is 0. The van der Waals surface area contributed by atoms with Crippen LogP contribution in [0.4, 0.5) is 0 Å². The zero-order valence-corrected chi connectivity index (χ0v) is 26.3. The van der Waals surface area contributed by atoms with Gasteiger partial charge in [0, 0.05) is 38.2 Å². The Kier molecular flexibility index (Phi) is 5.34. The zero-order chi connectivity index (χ0) is 31.3. The van der Waals surface area contributed by atoms with Crippen molar-refractivity contribution in [2.24, 2.45) is 0 Å². The molecule has 3 nitrogen and oxygen atoms in total. The standard InChI is InChI=1S/C44H31N3/c1-44(2)36-16-7-3-12-30(36)31-24-23-29(27-37(31)44)46-39-18-8-6-15-34(39)35-26-28(22-25-42(35)46)38-17-11-21-43(45-38)47-40-19-9-4-13-32(40)33-14-5-10-20-41(33)47/h3-27H,1-2H3. The van der Waals surface area contributed by atoms with Gasteiger partial charge in [-0.1, -0.05) is 111 Å². The molecule has 10 rings (SSSR count). The Labute approximate surface area is 273 Å². The molecule has 0 aliphatic heterocycles. The van der Waals surface area contributed by atoms with E-state index in [0.29, 0.717) is 0 Å². The second-order valence-electron chi connectivity index (χ2n) is 13.2. The van der Waals surface area contributed by atoms with Crippen molar-refractivity contribution >= 4 is 43.6 Å². The predicted octanol–water partition coefficient (Wildman–Crippen LogP) is 11.2. The number of aromatic nitrogens is 3. The SMILES string of the molecule is CC1(C)c2ccccc2-c2ccc(-n3c4ccccc4c4cc(-c5cccc(-n6c7ccccc7c7ccccc76)n5)ccc43)cc21. The second kappa shape index (κ2) is 9.54. The average Bonchev–Trinajstić information content (AvgIpc) is 3.71. The van der Waals surface area contributed by atoms with Crippen LogP contribution in [0.3, 0.4) is 0 Å². The molecule has 6 aromatic carbocycles. The van der Waals surface area contributed by atoms with E-state index in [9.17, 15) is 0 Å². The predicted molar refractivity (Wildman–Crippen MR) is 196 cm³/mol. The van der Waals surface area contributed by atoms with Gasteiger partial charge in [0.2, 0.25) is 0 Å². The highest BCUT2D eigenvalue weighted by Crippen LogP contribution is 2.49. The van der Waals surface area contributed by atoms with Gasteiger partial charge in [-0.15, -0.1) is 0 Å². The van der Waals surface area contributed by atoms with Gasteiger partial charge in [0.25, 0.3) is 0 Å². The Morgan fingerprint density at radius 3 is 1.79 bits per heavy atom. The van der Waals surface area contributed by atoms with Crippen LogP contribution < -0.4 is 0 Å². The van der Waals surface area contributed by atoms with Crippen LogP contribution in [0.2, 0.25) is 0 Å². The summed E-state index contributed by atoms with van der Waals surface area (Å²) in [5.41, 5.74) is 13.4. The van der Waals surface area contributed by atoms with Crippen LogP contribution in [0.5, 0.6) is 0 Å². The van der Waals surface area contributed by atoms with E-state index in [2.05, 4.69) is 175 Å². The van der Waals surface area contributed by atoms with Gasteiger partial charge in [-0.05, 0) is 76.9 Å². The minimum Gasteiger partial charge on any atom is -0.309 e. The Morgan fingerprint density at radius 2 is 1.04 bits per heavy atom. The Hall–Kier alpha value is -5.93. The smallest absolute Gasteiger partial charge is 0.138 e. The molecule has 0 unspecified atom stereocenters. The van der Waals surface area contributed by atoms with Gasteiger partial charge in [-0.3, -0.25) is 4.57 Å². The highest BCUT2D eigenvalue weighted by Gasteiger charge is 2.35. The van der Waals surface area contributed by atoms with Crippen molar-refractivity contribution in [3.8, 4) is 33.9 Å². The van der Waals surface area contributed by atoms with Crippen LogP contribution in [0.15, 0.2) is 152 Å². The summed E-state index contributed by atoms with van der Waals surface area (Å²) >= 11 is 0. The van der Waals surface area contributed by atoms with Crippen LogP contribution >= 0.6 is 0 Å². The number of rotatable bonds is 3. The molecular formula is C44H31N3. The maximum atomic E-state index is 5.27. The van der Waals surface area contributed by atoms with E-state index in [1.54, 1.807) is 0 Å². The van der Waals surface area contributed by atoms with E-state index in [-0.39, 0.29) is 5.41 Å². The summed E-state index contributed by atoms with van der Waals surface area (Å²) in [5, 5.41) is 4.95. The second-order valence-corrected chi connectivity index (χ2v) is 13.2. The first-order valence-corrected chi connectivity index (χ1v) is 16.3. The van der Waals surface area contributed by atoms with Crippen LogP contribution in [-0.4, -0.2) is 14.1 Å². The normalized spacial score (nSPS) is 13.5. The van der Waals surface area contributed by atoms with E-state index >= 15 is 0 Å². The molecule has 222 valence electrons. The maximum absolute atomic E-state index is 5.27. The molecule has 1 aliphatic rings. The van der Waals surface area contributed by atoms with Crippen molar-refractivity contribution in [2.75, 3.05) is 0 Å². The summed E-state index contributed by atoms with van der Waals surface area (Å²) in [6.07, 6.45) is 0. The van der Waals surface area contributed by atoms with Crippen molar-refractivity contribution in [3.05, 3.63) is 163 Å². The average molecular weight is 602 g/mol. The van der Waals surface area contributed by atoms with Crippen LogP contribution in [-0.2, 0) is 5.41 Å². The Balaban J connectivity index is 1.14. The molecule has 3 heterocycles. The molecule has 0 spiro atoms. The molecule has 0 saturated carbocycles. The van der Waals surface area contributed by atoms with Crippen molar-refractivity contribution in [1.82, 2.24) is 14.1 Å². The van der Waals surface area contributed by atoms with Gasteiger partial charge in [0.1, 0.15) is 5.82 Å². The van der Waals surface area contributed by atoms with Gasteiger partial charge >= 0.3 is 0 Å². The molecule has 0 bridgehead atoms. The minimum atomic E-state index is -0.0546. The first-order chi connectivity index (χ1) is 23.1. The third-order valence-electron chi connectivity index (χ3n) is 10.3. The van der Waals surface area contributed by atoms with E-state index in [1.807, 2.05) is 0 Å². The summed E-state index contributed by atoms with van der Waals surface area (Å²) in [4.78, 5) is 5.27. The Bertz CT molecular complexity index is 2670. The lowest BCUT2D eigenvalue weighted by atomic mass is 9.82. The summed E-state index contributed by atoms with van der Waals surface area (Å²) in [6, 6.07) is 55.0. The minimum absolute atomic E-state index is 0.0546. The fourth-order valence-electron chi connectivity index (χ4n) is 8.12. The first kappa shape index (κ1) is 26.3. The fraction of sp³-hybridized carbons (Fsp3) is 0.0682. The largest absolute Gasteiger partial charge is 0.309 e. The molecule has 0 atom stereocenters. The quantitative estimate of drug-likeness (QED) is 0.198. The maximum Gasteiger partial charge on any atom is 0.138 e. The van der Waals surface area contributed by atoms with Gasteiger partial charge in [0.05, 0.1) is 27.8 Å². The highest BCUT2D eigenvalue weighted by molar-refractivity contribution is 6.11. The monoisotopic (exact) mass is 601 g/mol. The molecular weight excluding hydrogens is 571 g/mol. The molecule has 0 amide bonds. The van der Waals surface area contributed by atoms with E-state index in [4.69, 9.17) is 4.98 Å². The van der Waals surface area contributed by atoms with E-state index in [0.717, 1.165) is 28.1 Å². The summed E-state index contributed by atoms with van der Waals surface area (Å²) in [6.45, 7) is 4.69. The molecule has 0 fully saturated rings. The lowest BCUT2D eigenvalue weighted by Crippen LogP contribution is -2.15. The van der Waals surface area contributed by atoms with Crippen molar-refractivity contribution in [3.63, 3.8) is 0 Å². The first-order valence-electron chi connectivity index (χ1n) is 16.3. The fourth-order valence-corrected chi connectivity index (χ4v) is 8.12. The van der Waals surface area contributed by atoms with Crippen molar-refractivity contribution < 1.29 is 0 Å². The van der Waals surface area contributed by atoms with Gasteiger partial charge < -0.3 is 4.57 Å². The van der Waals surface area contributed by atoms with E-state index in [1.165, 1.54) is 60.5 Å². The summed E-state index contributed by atoms with van der Waals surface area (Å²) < 4.78 is 4.71. The molecule has 3 aromatic heterocycles. The van der Waals surface area contributed by atoms with Gasteiger partial charge in [-0.2, -0.15) is 0 Å². The molecule has 1 aliphatic carbocycles. The van der Waals surface area contributed by atoms with Crippen molar-refractivity contribution in [2.45, 2.75) is 19.3 Å². The van der Waals surface area contributed by atoms with Gasteiger partial charge in [-0.25, -0.2) is 4.98 Å². The molecule has 0 saturated heterocycles. The highest BCUT2D eigenvalue weighted by atomic mass is 15.1. The number of hydrogen-bond acceptors (Lipinski definition) is 1.